The van der Waals surface area contributed by atoms with Crippen LogP contribution in [0.1, 0.15) is 29.4 Å². The monoisotopic (exact) mass is 470 g/mol. The second-order valence-electron chi connectivity index (χ2n) is 8.02. The molecule has 10 nitrogen and oxygen atoms in total. The zero-order chi connectivity index (χ0) is 23.9. The number of Topliss-reactive ketones (excluding diaryl/α,β-unsaturated/α-hetero) is 1. The first-order valence-corrected chi connectivity index (χ1v) is 11.9. The van der Waals surface area contributed by atoms with E-state index in [4.69, 9.17) is 0 Å². The van der Waals surface area contributed by atoms with Gasteiger partial charge in [-0.3, -0.25) is 18.9 Å². The smallest absolute Gasteiger partial charge is 0.337 e. The third-order valence-electron chi connectivity index (χ3n) is 5.67. The number of nitrogens with one attached hydrogen (secondary N) is 1. The fourth-order valence-corrected chi connectivity index (χ4v) is 4.46. The summed E-state index contributed by atoms with van der Waals surface area (Å²) in [4.78, 5) is 62.3. The molecular weight excluding hydrogens is 447 g/mol. The number of anilines is 1. The van der Waals surface area contributed by atoms with Crippen LogP contribution in [0.4, 0.5) is 5.82 Å². The number of aromatic nitrogens is 2. The molecule has 0 aliphatic carbocycles. The lowest BCUT2D eigenvalue weighted by Gasteiger charge is -2.39. The molecular formula is C22H23N4O6P. The lowest BCUT2D eigenvalue weighted by molar-refractivity contribution is -0.145. The molecule has 1 atom stereocenters. The summed E-state index contributed by atoms with van der Waals surface area (Å²) in [5.41, 5.74) is 1.52. The van der Waals surface area contributed by atoms with Crippen molar-refractivity contribution in [1.82, 2.24) is 14.5 Å². The van der Waals surface area contributed by atoms with Crippen LogP contribution >= 0.6 is 7.60 Å². The molecule has 1 aliphatic heterocycles. The normalized spacial score (nSPS) is 15.9. The molecule has 1 unspecified atom stereocenters. The predicted octanol–water partition coefficient (Wildman–Crippen LogP) is 1.59. The molecule has 0 spiro atoms. The summed E-state index contributed by atoms with van der Waals surface area (Å²) in [5.74, 6) is -0.492. The lowest BCUT2D eigenvalue weighted by atomic mass is 10.0. The molecule has 1 saturated heterocycles. The molecule has 0 radical (unpaired) electrons. The highest BCUT2D eigenvalue weighted by Gasteiger charge is 2.37. The summed E-state index contributed by atoms with van der Waals surface area (Å²) >= 11 is 0. The van der Waals surface area contributed by atoms with E-state index in [0.29, 0.717) is 29.7 Å². The molecule has 11 heteroatoms. The van der Waals surface area contributed by atoms with Gasteiger partial charge in [0.15, 0.2) is 5.78 Å². The molecule has 2 amide bonds. The minimum Gasteiger partial charge on any atom is -0.337 e. The Morgan fingerprint density at radius 2 is 1.97 bits per heavy atom. The van der Waals surface area contributed by atoms with Crippen molar-refractivity contribution in [3.63, 3.8) is 0 Å². The zero-order valence-electron chi connectivity index (χ0n) is 18.1. The third-order valence-corrected chi connectivity index (χ3v) is 6.62. The standard InChI is InChI=1S/C22H23N4O6P/c1-13-4-3-5-20(23-13)24-22(29)19-8-9-26(19)21(28)12-25-11-17(14(2)27)16-10-15(33(30,31)32)6-7-18(16)25/h3-7,10-11,19H,8-9,12H2,1-2H3,(H,23,24,29)(H2,30,31,32). The van der Waals surface area contributed by atoms with Crippen molar-refractivity contribution in [2.24, 2.45) is 0 Å². The zero-order valence-corrected chi connectivity index (χ0v) is 19.0. The van der Waals surface area contributed by atoms with Crippen molar-refractivity contribution in [1.29, 1.82) is 0 Å². The Morgan fingerprint density at radius 3 is 2.58 bits per heavy atom. The number of pyridine rings is 1. The average molecular weight is 470 g/mol. The van der Waals surface area contributed by atoms with Gasteiger partial charge in [-0.25, -0.2) is 4.98 Å². The number of likely N-dealkylation sites (tertiary alicyclic amines) is 1. The largest absolute Gasteiger partial charge is 0.356 e. The van der Waals surface area contributed by atoms with Crippen LogP contribution < -0.4 is 10.6 Å². The van der Waals surface area contributed by atoms with Crippen LogP contribution in [0.3, 0.4) is 0 Å². The molecule has 3 aromatic rings. The van der Waals surface area contributed by atoms with E-state index in [1.807, 2.05) is 13.0 Å². The van der Waals surface area contributed by atoms with Gasteiger partial charge in [-0.2, -0.15) is 0 Å². The van der Waals surface area contributed by atoms with Gasteiger partial charge in [0.2, 0.25) is 11.8 Å². The maximum absolute atomic E-state index is 13.0. The van der Waals surface area contributed by atoms with Crippen molar-refractivity contribution < 1.29 is 28.7 Å². The SMILES string of the molecule is CC(=O)c1cn(CC(=O)N2CCC2C(=O)Nc2cccc(C)n2)c2ccc(P(=O)(O)O)cc12. The van der Waals surface area contributed by atoms with Crippen molar-refractivity contribution in [3.8, 4) is 0 Å². The molecule has 4 rings (SSSR count). The highest BCUT2D eigenvalue weighted by Crippen LogP contribution is 2.35. The van der Waals surface area contributed by atoms with Crippen molar-refractivity contribution in [2.75, 3.05) is 11.9 Å². The molecule has 1 fully saturated rings. The minimum absolute atomic E-state index is 0.120. The number of ketones is 1. The number of carbonyl (C=O) groups excluding carboxylic acids is 3. The fraction of sp³-hybridized carbons (Fsp3) is 0.273. The minimum atomic E-state index is -4.50. The molecule has 0 bridgehead atoms. The number of aryl methyl sites for hydroxylation is 1. The Kier molecular flexibility index (Phi) is 5.92. The van der Waals surface area contributed by atoms with Crippen LogP contribution in [0, 0.1) is 6.92 Å². The lowest BCUT2D eigenvalue weighted by Crippen LogP contribution is -2.57. The number of fused-ring (bicyclic) bond motifs is 1. The molecule has 1 aliphatic rings. The van der Waals surface area contributed by atoms with Crippen LogP contribution in [-0.4, -0.2) is 54.4 Å². The second-order valence-corrected chi connectivity index (χ2v) is 9.62. The number of hydrogen-bond acceptors (Lipinski definition) is 5. The second kappa shape index (κ2) is 8.55. The van der Waals surface area contributed by atoms with Gasteiger partial charge in [0.1, 0.15) is 18.4 Å². The van der Waals surface area contributed by atoms with E-state index >= 15 is 0 Å². The van der Waals surface area contributed by atoms with Gasteiger partial charge in [-0.15, -0.1) is 0 Å². The summed E-state index contributed by atoms with van der Waals surface area (Å²) in [7, 11) is -4.50. The third kappa shape index (κ3) is 4.59. The van der Waals surface area contributed by atoms with Crippen molar-refractivity contribution >= 4 is 47.2 Å². The topological polar surface area (TPSA) is 142 Å². The maximum Gasteiger partial charge on any atom is 0.356 e. The van der Waals surface area contributed by atoms with E-state index < -0.39 is 13.6 Å². The Labute approximate surface area is 189 Å². The number of hydrogen-bond donors (Lipinski definition) is 3. The molecule has 0 saturated carbocycles. The number of nitrogens with zero attached hydrogens (tertiary/aromatic N) is 3. The number of amides is 2. The first-order valence-electron chi connectivity index (χ1n) is 10.3. The Balaban J connectivity index is 1.54. The summed E-state index contributed by atoms with van der Waals surface area (Å²) in [6.07, 6.45) is 2.03. The maximum atomic E-state index is 13.0. The van der Waals surface area contributed by atoms with Crippen LogP contribution in [0.25, 0.3) is 10.9 Å². The summed E-state index contributed by atoms with van der Waals surface area (Å²) in [5, 5.41) is 2.89. The van der Waals surface area contributed by atoms with Crippen LogP contribution in [0.15, 0.2) is 42.6 Å². The van der Waals surface area contributed by atoms with E-state index in [2.05, 4.69) is 10.3 Å². The van der Waals surface area contributed by atoms with E-state index in [0.717, 1.165) is 5.69 Å². The van der Waals surface area contributed by atoms with E-state index in [1.165, 1.54) is 36.2 Å². The fourth-order valence-electron chi connectivity index (χ4n) is 3.89. The Bertz CT molecular complexity index is 1330. The predicted molar refractivity (Wildman–Crippen MR) is 121 cm³/mol. The van der Waals surface area contributed by atoms with Gasteiger partial charge in [-0.05, 0) is 50.6 Å². The average Bonchev–Trinajstić information content (AvgIpc) is 3.04. The van der Waals surface area contributed by atoms with Gasteiger partial charge >= 0.3 is 7.60 Å². The summed E-state index contributed by atoms with van der Waals surface area (Å²) in [6, 6.07) is 8.70. The van der Waals surface area contributed by atoms with Gasteiger partial charge in [-0.1, -0.05) is 6.07 Å². The van der Waals surface area contributed by atoms with Crippen LogP contribution in [-0.2, 0) is 20.7 Å². The quantitative estimate of drug-likeness (QED) is 0.367. The highest BCUT2D eigenvalue weighted by atomic mass is 31.2. The number of carbonyl (C=O) groups is 3. The Hall–Kier alpha value is -3.33. The molecule has 2 aromatic heterocycles. The number of rotatable bonds is 6. The molecule has 3 N–H and O–H groups in total. The van der Waals surface area contributed by atoms with Crippen LogP contribution in [0.2, 0.25) is 0 Å². The molecule has 1 aromatic carbocycles. The summed E-state index contributed by atoms with van der Waals surface area (Å²) in [6.45, 7) is 3.47. The highest BCUT2D eigenvalue weighted by molar-refractivity contribution is 7.60. The number of benzene rings is 1. The van der Waals surface area contributed by atoms with Crippen molar-refractivity contribution in [3.05, 3.63) is 53.9 Å². The van der Waals surface area contributed by atoms with E-state index in [9.17, 15) is 28.7 Å². The van der Waals surface area contributed by atoms with E-state index in [-0.39, 0.29) is 35.0 Å². The first kappa shape index (κ1) is 22.8. The molecule has 33 heavy (non-hydrogen) atoms. The summed E-state index contributed by atoms with van der Waals surface area (Å²) < 4.78 is 13.2. The van der Waals surface area contributed by atoms with Gasteiger partial charge in [0, 0.05) is 34.9 Å². The molecule has 3 heterocycles. The van der Waals surface area contributed by atoms with Gasteiger partial charge < -0.3 is 24.6 Å². The van der Waals surface area contributed by atoms with Crippen LogP contribution in [0.5, 0.6) is 0 Å². The van der Waals surface area contributed by atoms with Crippen molar-refractivity contribution in [2.45, 2.75) is 32.9 Å². The molecule has 172 valence electrons. The first-order chi connectivity index (χ1) is 15.5. The van der Waals surface area contributed by atoms with Gasteiger partial charge in [0.25, 0.3) is 0 Å². The Morgan fingerprint density at radius 1 is 1.21 bits per heavy atom. The van der Waals surface area contributed by atoms with E-state index in [1.54, 1.807) is 16.7 Å². The van der Waals surface area contributed by atoms with Gasteiger partial charge in [0.05, 0.1) is 5.30 Å².